The van der Waals surface area contributed by atoms with Crippen LogP contribution >= 0.6 is 0 Å². The van der Waals surface area contributed by atoms with Gasteiger partial charge in [0.05, 0.1) is 6.61 Å². The summed E-state index contributed by atoms with van der Waals surface area (Å²) in [4.78, 5) is 11.0. The van der Waals surface area contributed by atoms with Crippen LogP contribution in [0.25, 0.3) is 0 Å². The van der Waals surface area contributed by atoms with Gasteiger partial charge in [-0.3, -0.25) is 0 Å². The summed E-state index contributed by atoms with van der Waals surface area (Å²) < 4.78 is 5.02. The standard InChI is InChI=1S/C14H24O2/c1-12(2)14(15)16-11-6-4-3-5-8-13-9-7-10-13/h13H,1,3-11H2,2H3. The second-order valence-electron chi connectivity index (χ2n) is 4.92. The molecule has 0 aliphatic heterocycles. The molecular weight excluding hydrogens is 200 g/mol. The van der Waals surface area contributed by atoms with Crippen LogP contribution in [-0.2, 0) is 9.53 Å². The zero-order chi connectivity index (χ0) is 11.8. The lowest BCUT2D eigenvalue weighted by molar-refractivity contribution is -0.139. The quantitative estimate of drug-likeness (QED) is 0.355. The van der Waals surface area contributed by atoms with Gasteiger partial charge in [-0.2, -0.15) is 0 Å². The summed E-state index contributed by atoms with van der Waals surface area (Å²) in [6.07, 6.45) is 10.6. The predicted molar refractivity (Wildman–Crippen MR) is 66.2 cm³/mol. The van der Waals surface area contributed by atoms with Crippen molar-refractivity contribution in [3.63, 3.8) is 0 Å². The monoisotopic (exact) mass is 224 g/mol. The molecule has 92 valence electrons. The van der Waals surface area contributed by atoms with Crippen molar-refractivity contribution in [2.45, 2.75) is 58.3 Å². The van der Waals surface area contributed by atoms with Crippen molar-refractivity contribution in [2.75, 3.05) is 6.61 Å². The van der Waals surface area contributed by atoms with E-state index in [0.717, 1.165) is 12.3 Å². The Hall–Kier alpha value is -0.790. The van der Waals surface area contributed by atoms with Gasteiger partial charge in [0.2, 0.25) is 0 Å². The minimum absolute atomic E-state index is 0.255. The highest BCUT2D eigenvalue weighted by Crippen LogP contribution is 2.30. The Labute approximate surface area is 99.1 Å². The maximum atomic E-state index is 11.0. The van der Waals surface area contributed by atoms with Gasteiger partial charge < -0.3 is 4.74 Å². The molecule has 2 heteroatoms. The number of carbonyl (C=O) groups is 1. The minimum Gasteiger partial charge on any atom is -0.462 e. The molecule has 1 fully saturated rings. The first-order valence-corrected chi connectivity index (χ1v) is 6.53. The molecule has 0 unspecified atom stereocenters. The Morgan fingerprint density at radius 2 is 1.94 bits per heavy atom. The van der Waals surface area contributed by atoms with E-state index in [4.69, 9.17) is 4.74 Å². The highest BCUT2D eigenvalue weighted by Gasteiger charge is 2.15. The number of esters is 1. The summed E-state index contributed by atoms with van der Waals surface area (Å²) in [5.41, 5.74) is 0.491. The van der Waals surface area contributed by atoms with Crippen molar-refractivity contribution in [1.29, 1.82) is 0 Å². The summed E-state index contributed by atoms with van der Waals surface area (Å²) in [6.45, 7) is 5.78. The van der Waals surface area contributed by atoms with Crippen LogP contribution < -0.4 is 0 Å². The molecule has 0 radical (unpaired) electrons. The average Bonchev–Trinajstić information content (AvgIpc) is 2.18. The Bertz CT molecular complexity index is 229. The molecular formula is C14H24O2. The van der Waals surface area contributed by atoms with E-state index in [1.54, 1.807) is 6.92 Å². The summed E-state index contributed by atoms with van der Waals surface area (Å²) >= 11 is 0. The Balaban J connectivity index is 1.80. The third-order valence-electron chi connectivity index (χ3n) is 3.31. The van der Waals surface area contributed by atoms with Crippen LogP contribution in [0.5, 0.6) is 0 Å². The third kappa shape index (κ3) is 5.34. The number of ether oxygens (including phenoxy) is 1. The van der Waals surface area contributed by atoms with Crippen LogP contribution in [0.3, 0.4) is 0 Å². The molecule has 0 bridgehead atoms. The summed E-state index contributed by atoms with van der Waals surface area (Å²) in [6, 6.07) is 0. The fourth-order valence-corrected chi connectivity index (χ4v) is 1.96. The van der Waals surface area contributed by atoms with Crippen LogP contribution in [0.2, 0.25) is 0 Å². The van der Waals surface area contributed by atoms with Crippen molar-refractivity contribution < 1.29 is 9.53 Å². The number of hydrogen-bond donors (Lipinski definition) is 0. The molecule has 0 N–H and O–H groups in total. The topological polar surface area (TPSA) is 26.3 Å². The Kier molecular flexibility index (Phi) is 6.20. The van der Waals surface area contributed by atoms with Crippen LogP contribution in [-0.4, -0.2) is 12.6 Å². The maximum Gasteiger partial charge on any atom is 0.333 e. The maximum absolute atomic E-state index is 11.0. The Morgan fingerprint density at radius 1 is 1.25 bits per heavy atom. The van der Waals surface area contributed by atoms with Gasteiger partial charge in [-0.25, -0.2) is 4.79 Å². The normalized spacial score (nSPS) is 15.6. The fraction of sp³-hybridized carbons (Fsp3) is 0.786. The molecule has 0 atom stereocenters. The van der Waals surface area contributed by atoms with Gasteiger partial charge in [-0.05, 0) is 19.3 Å². The molecule has 0 amide bonds. The zero-order valence-electron chi connectivity index (χ0n) is 10.5. The van der Waals surface area contributed by atoms with Gasteiger partial charge in [-0.15, -0.1) is 0 Å². The van der Waals surface area contributed by atoms with E-state index < -0.39 is 0 Å². The zero-order valence-corrected chi connectivity index (χ0v) is 10.5. The molecule has 0 aromatic heterocycles. The smallest absolute Gasteiger partial charge is 0.333 e. The lowest BCUT2D eigenvalue weighted by Gasteiger charge is -2.24. The van der Waals surface area contributed by atoms with E-state index in [1.807, 2.05) is 0 Å². The SMILES string of the molecule is C=C(C)C(=O)OCCCCCCC1CCC1. The molecule has 1 aliphatic rings. The number of rotatable bonds is 8. The summed E-state index contributed by atoms with van der Waals surface area (Å²) in [5.74, 6) is 0.774. The molecule has 2 nitrogen and oxygen atoms in total. The lowest BCUT2D eigenvalue weighted by atomic mass is 9.82. The van der Waals surface area contributed by atoms with E-state index in [0.29, 0.717) is 12.2 Å². The Morgan fingerprint density at radius 3 is 2.50 bits per heavy atom. The first kappa shape index (κ1) is 13.3. The number of carbonyl (C=O) groups excluding carboxylic acids is 1. The molecule has 1 aliphatic carbocycles. The van der Waals surface area contributed by atoms with Crippen molar-refractivity contribution in [2.24, 2.45) is 5.92 Å². The van der Waals surface area contributed by atoms with Crippen LogP contribution in [0, 0.1) is 5.92 Å². The molecule has 1 saturated carbocycles. The molecule has 0 spiro atoms. The second kappa shape index (κ2) is 7.48. The first-order valence-electron chi connectivity index (χ1n) is 6.53. The largest absolute Gasteiger partial charge is 0.462 e. The number of unbranched alkanes of at least 4 members (excludes halogenated alkanes) is 3. The van der Waals surface area contributed by atoms with E-state index in [9.17, 15) is 4.79 Å². The first-order chi connectivity index (χ1) is 7.70. The molecule has 0 heterocycles. The highest BCUT2D eigenvalue weighted by atomic mass is 16.5. The van der Waals surface area contributed by atoms with Crippen LogP contribution in [0.15, 0.2) is 12.2 Å². The van der Waals surface area contributed by atoms with E-state index in [-0.39, 0.29) is 5.97 Å². The van der Waals surface area contributed by atoms with Crippen molar-refractivity contribution in [1.82, 2.24) is 0 Å². The van der Waals surface area contributed by atoms with Gasteiger partial charge in [0.15, 0.2) is 0 Å². The second-order valence-corrected chi connectivity index (χ2v) is 4.92. The van der Waals surface area contributed by atoms with Gasteiger partial charge in [0.25, 0.3) is 0 Å². The van der Waals surface area contributed by atoms with Gasteiger partial charge in [-0.1, -0.05) is 51.5 Å². The highest BCUT2D eigenvalue weighted by molar-refractivity contribution is 5.86. The van der Waals surface area contributed by atoms with E-state index in [2.05, 4.69) is 6.58 Å². The van der Waals surface area contributed by atoms with Crippen LogP contribution in [0.4, 0.5) is 0 Å². The van der Waals surface area contributed by atoms with Gasteiger partial charge >= 0.3 is 5.97 Å². The van der Waals surface area contributed by atoms with Crippen LogP contribution in [0.1, 0.15) is 58.3 Å². The molecule has 0 aromatic carbocycles. The predicted octanol–water partition coefficient (Wildman–Crippen LogP) is 3.86. The van der Waals surface area contributed by atoms with E-state index in [1.165, 1.54) is 44.9 Å². The van der Waals surface area contributed by atoms with Crippen molar-refractivity contribution >= 4 is 5.97 Å². The van der Waals surface area contributed by atoms with Gasteiger partial charge in [0.1, 0.15) is 0 Å². The summed E-state index contributed by atoms with van der Waals surface area (Å²) in [7, 11) is 0. The molecule has 16 heavy (non-hydrogen) atoms. The van der Waals surface area contributed by atoms with E-state index >= 15 is 0 Å². The van der Waals surface area contributed by atoms with Crippen molar-refractivity contribution in [3.8, 4) is 0 Å². The fourth-order valence-electron chi connectivity index (χ4n) is 1.96. The van der Waals surface area contributed by atoms with Crippen molar-refractivity contribution in [3.05, 3.63) is 12.2 Å². The third-order valence-corrected chi connectivity index (χ3v) is 3.31. The van der Waals surface area contributed by atoms with Gasteiger partial charge in [0, 0.05) is 5.57 Å². The molecule has 0 aromatic rings. The average molecular weight is 224 g/mol. The molecule has 0 saturated heterocycles. The number of hydrogen-bond acceptors (Lipinski definition) is 2. The minimum atomic E-state index is -0.255. The summed E-state index contributed by atoms with van der Waals surface area (Å²) in [5, 5.41) is 0. The molecule has 1 rings (SSSR count). The lowest BCUT2D eigenvalue weighted by Crippen LogP contribution is -2.10.